The van der Waals surface area contributed by atoms with Crippen LogP contribution in [0.25, 0.3) is 0 Å². The summed E-state index contributed by atoms with van der Waals surface area (Å²) < 4.78 is 2.06. The summed E-state index contributed by atoms with van der Waals surface area (Å²) in [6, 6.07) is 6.08. The van der Waals surface area contributed by atoms with E-state index in [4.69, 9.17) is 0 Å². The van der Waals surface area contributed by atoms with E-state index >= 15 is 0 Å². The van der Waals surface area contributed by atoms with Gasteiger partial charge in [-0.1, -0.05) is 12.1 Å². The maximum atomic E-state index is 4.36. The summed E-state index contributed by atoms with van der Waals surface area (Å²) in [5, 5.41) is 3.20. The molecule has 0 saturated carbocycles. The highest BCUT2D eigenvalue weighted by Crippen LogP contribution is 2.19. The van der Waals surface area contributed by atoms with Gasteiger partial charge < -0.3 is 9.88 Å². The second-order valence-corrected chi connectivity index (χ2v) is 3.76. The SMILES string of the molecule is C=CCNc1nccn1C(C)c1ccccn1. The van der Waals surface area contributed by atoms with Gasteiger partial charge in [0.2, 0.25) is 5.95 Å². The molecule has 0 radical (unpaired) electrons. The number of hydrogen-bond donors (Lipinski definition) is 1. The molecule has 2 aromatic heterocycles. The van der Waals surface area contributed by atoms with E-state index in [1.54, 1.807) is 12.4 Å². The van der Waals surface area contributed by atoms with Crippen molar-refractivity contribution in [1.82, 2.24) is 14.5 Å². The molecule has 1 N–H and O–H groups in total. The topological polar surface area (TPSA) is 42.7 Å². The molecule has 0 aliphatic carbocycles. The molecule has 0 aliphatic rings. The van der Waals surface area contributed by atoms with Crippen molar-refractivity contribution in [2.45, 2.75) is 13.0 Å². The van der Waals surface area contributed by atoms with Crippen molar-refractivity contribution in [3.63, 3.8) is 0 Å². The third-order valence-corrected chi connectivity index (χ3v) is 2.61. The summed E-state index contributed by atoms with van der Waals surface area (Å²) >= 11 is 0. The Bertz CT molecular complexity index is 475. The number of anilines is 1. The van der Waals surface area contributed by atoms with Gasteiger partial charge in [0.05, 0.1) is 11.7 Å². The second kappa shape index (κ2) is 5.30. The number of rotatable bonds is 5. The highest BCUT2D eigenvalue weighted by atomic mass is 15.2. The molecule has 2 heterocycles. The standard InChI is InChI=1S/C13H16N4/c1-3-7-15-13-16-9-10-17(13)11(2)12-6-4-5-8-14-12/h3-6,8-11H,1,7H2,2H3,(H,15,16). The molecule has 0 fully saturated rings. The molecule has 0 spiro atoms. The second-order valence-electron chi connectivity index (χ2n) is 3.76. The minimum Gasteiger partial charge on any atom is -0.352 e. The van der Waals surface area contributed by atoms with Gasteiger partial charge in [0.15, 0.2) is 0 Å². The molecule has 1 unspecified atom stereocenters. The van der Waals surface area contributed by atoms with Gasteiger partial charge in [-0.15, -0.1) is 6.58 Å². The van der Waals surface area contributed by atoms with Gasteiger partial charge in [-0.05, 0) is 19.1 Å². The first-order chi connectivity index (χ1) is 8.33. The van der Waals surface area contributed by atoms with Gasteiger partial charge in [-0.2, -0.15) is 0 Å². The first-order valence-corrected chi connectivity index (χ1v) is 5.61. The Labute approximate surface area is 101 Å². The fourth-order valence-electron chi connectivity index (χ4n) is 1.69. The average molecular weight is 228 g/mol. The zero-order valence-electron chi connectivity index (χ0n) is 9.87. The van der Waals surface area contributed by atoms with Crippen LogP contribution in [0.15, 0.2) is 49.4 Å². The number of imidazole rings is 1. The lowest BCUT2D eigenvalue weighted by molar-refractivity contribution is 0.626. The van der Waals surface area contributed by atoms with Gasteiger partial charge in [-0.3, -0.25) is 4.98 Å². The van der Waals surface area contributed by atoms with E-state index in [1.807, 2.05) is 30.5 Å². The normalized spacial score (nSPS) is 12.1. The van der Waals surface area contributed by atoms with E-state index in [-0.39, 0.29) is 6.04 Å². The van der Waals surface area contributed by atoms with E-state index in [0.29, 0.717) is 6.54 Å². The number of nitrogens with one attached hydrogen (secondary N) is 1. The van der Waals surface area contributed by atoms with E-state index < -0.39 is 0 Å². The Balaban J connectivity index is 2.22. The summed E-state index contributed by atoms with van der Waals surface area (Å²) in [5.41, 5.74) is 1.02. The van der Waals surface area contributed by atoms with Crippen molar-refractivity contribution < 1.29 is 0 Å². The zero-order valence-corrected chi connectivity index (χ0v) is 9.87. The fourth-order valence-corrected chi connectivity index (χ4v) is 1.69. The Morgan fingerprint density at radius 1 is 1.41 bits per heavy atom. The summed E-state index contributed by atoms with van der Waals surface area (Å²) in [4.78, 5) is 8.64. The first-order valence-electron chi connectivity index (χ1n) is 5.61. The molecule has 88 valence electrons. The van der Waals surface area contributed by atoms with Crippen LogP contribution in [0.2, 0.25) is 0 Å². The van der Waals surface area contributed by atoms with Crippen molar-refractivity contribution in [3.05, 3.63) is 55.1 Å². The van der Waals surface area contributed by atoms with Gasteiger partial charge in [0.1, 0.15) is 0 Å². The lowest BCUT2D eigenvalue weighted by Gasteiger charge is -2.15. The maximum Gasteiger partial charge on any atom is 0.203 e. The summed E-state index contributed by atoms with van der Waals surface area (Å²) in [6.07, 6.45) is 7.35. The van der Waals surface area contributed by atoms with Crippen LogP contribution in [0, 0.1) is 0 Å². The Morgan fingerprint density at radius 2 is 2.29 bits per heavy atom. The molecular weight excluding hydrogens is 212 g/mol. The summed E-state index contributed by atoms with van der Waals surface area (Å²) in [5.74, 6) is 0.836. The molecule has 0 saturated heterocycles. The monoisotopic (exact) mass is 228 g/mol. The van der Waals surface area contributed by atoms with Crippen LogP contribution in [0.5, 0.6) is 0 Å². The molecule has 0 aliphatic heterocycles. The van der Waals surface area contributed by atoms with Crippen molar-refractivity contribution in [2.24, 2.45) is 0 Å². The molecule has 1 atom stereocenters. The third kappa shape index (κ3) is 2.53. The Hall–Kier alpha value is -2.10. The predicted octanol–water partition coefficient (Wildman–Crippen LogP) is 2.49. The number of pyridine rings is 1. The zero-order chi connectivity index (χ0) is 12.1. The van der Waals surface area contributed by atoms with Crippen LogP contribution in [0.3, 0.4) is 0 Å². The van der Waals surface area contributed by atoms with Crippen LogP contribution in [0.1, 0.15) is 18.7 Å². The highest BCUT2D eigenvalue weighted by Gasteiger charge is 2.11. The number of nitrogens with zero attached hydrogens (tertiary/aromatic N) is 3. The lowest BCUT2D eigenvalue weighted by Crippen LogP contribution is -2.12. The number of aromatic nitrogens is 3. The van der Waals surface area contributed by atoms with E-state index in [2.05, 4.69) is 33.4 Å². The minimum absolute atomic E-state index is 0.158. The van der Waals surface area contributed by atoms with Gasteiger partial charge >= 0.3 is 0 Å². The quantitative estimate of drug-likeness (QED) is 0.799. The van der Waals surface area contributed by atoms with Crippen molar-refractivity contribution in [2.75, 3.05) is 11.9 Å². The van der Waals surface area contributed by atoms with Gasteiger partial charge in [0.25, 0.3) is 0 Å². The van der Waals surface area contributed by atoms with Crippen molar-refractivity contribution in [1.29, 1.82) is 0 Å². The predicted molar refractivity (Wildman–Crippen MR) is 69.0 cm³/mol. The molecule has 0 aromatic carbocycles. The van der Waals surface area contributed by atoms with Gasteiger partial charge in [-0.25, -0.2) is 4.98 Å². The summed E-state index contributed by atoms with van der Waals surface area (Å²) in [6.45, 7) is 6.48. The fraction of sp³-hybridized carbons (Fsp3) is 0.231. The Kier molecular flexibility index (Phi) is 3.55. The molecular formula is C13H16N4. The molecule has 17 heavy (non-hydrogen) atoms. The van der Waals surface area contributed by atoms with Crippen LogP contribution < -0.4 is 5.32 Å². The molecule has 0 amide bonds. The lowest BCUT2D eigenvalue weighted by atomic mass is 10.2. The van der Waals surface area contributed by atoms with Gasteiger partial charge in [0, 0.05) is 25.1 Å². The smallest absolute Gasteiger partial charge is 0.203 e. The van der Waals surface area contributed by atoms with Crippen molar-refractivity contribution in [3.8, 4) is 0 Å². The Morgan fingerprint density at radius 3 is 3.00 bits per heavy atom. The summed E-state index contributed by atoms with van der Waals surface area (Å²) in [7, 11) is 0. The maximum absolute atomic E-state index is 4.36. The average Bonchev–Trinajstić information content (AvgIpc) is 2.84. The first kappa shape index (κ1) is 11.4. The molecule has 4 heteroatoms. The van der Waals surface area contributed by atoms with Crippen LogP contribution in [-0.2, 0) is 0 Å². The van der Waals surface area contributed by atoms with E-state index in [9.17, 15) is 0 Å². The number of hydrogen-bond acceptors (Lipinski definition) is 3. The van der Waals surface area contributed by atoms with Crippen LogP contribution >= 0.6 is 0 Å². The highest BCUT2D eigenvalue weighted by molar-refractivity contribution is 5.29. The minimum atomic E-state index is 0.158. The molecule has 0 bridgehead atoms. The van der Waals surface area contributed by atoms with E-state index in [1.165, 1.54) is 0 Å². The van der Waals surface area contributed by atoms with Crippen LogP contribution in [0.4, 0.5) is 5.95 Å². The molecule has 4 nitrogen and oxygen atoms in total. The molecule has 2 aromatic rings. The van der Waals surface area contributed by atoms with Crippen LogP contribution in [-0.4, -0.2) is 21.1 Å². The molecule has 2 rings (SSSR count). The van der Waals surface area contributed by atoms with E-state index in [0.717, 1.165) is 11.6 Å². The van der Waals surface area contributed by atoms with Crippen molar-refractivity contribution >= 4 is 5.95 Å². The third-order valence-electron chi connectivity index (χ3n) is 2.61. The largest absolute Gasteiger partial charge is 0.352 e.